The molecular formula is C10H15N3O. The number of hydrogen-bond donors (Lipinski definition) is 1. The van der Waals surface area contributed by atoms with E-state index >= 15 is 0 Å². The highest BCUT2D eigenvalue weighted by atomic mass is 16.5. The summed E-state index contributed by atoms with van der Waals surface area (Å²) in [5, 5.41) is 3.29. The number of piperidine rings is 1. The van der Waals surface area contributed by atoms with Gasteiger partial charge in [0.2, 0.25) is 5.88 Å². The Morgan fingerprint density at radius 1 is 1.29 bits per heavy atom. The van der Waals surface area contributed by atoms with E-state index in [1.165, 1.54) is 0 Å². The van der Waals surface area contributed by atoms with Gasteiger partial charge in [-0.3, -0.25) is 4.98 Å². The van der Waals surface area contributed by atoms with Gasteiger partial charge in [0.05, 0.1) is 18.1 Å². The fraction of sp³-hybridized carbons (Fsp3) is 0.600. The zero-order chi connectivity index (χ0) is 9.80. The van der Waals surface area contributed by atoms with Crippen molar-refractivity contribution in [2.45, 2.75) is 25.9 Å². The van der Waals surface area contributed by atoms with Gasteiger partial charge in [0.25, 0.3) is 0 Å². The van der Waals surface area contributed by atoms with Crippen LogP contribution in [0, 0.1) is 6.92 Å². The zero-order valence-electron chi connectivity index (χ0n) is 8.36. The summed E-state index contributed by atoms with van der Waals surface area (Å²) in [7, 11) is 0. The molecule has 0 amide bonds. The molecule has 1 fully saturated rings. The third kappa shape index (κ3) is 2.42. The number of ether oxygens (including phenoxy) is 1. The molecule has 1 saturated heterocycles. The molecular weight excluding hydrogens is 178 g/mol. The third-order valence-corrected chi connectivity index (χ3v) is 2.33. The Morgan fingerprint density at radius 3 is 2.71 bits per heavy atom. The molecule has 76 valence electrons. The molecule has 4 heteroatoms. The van der Waals surface area contributed by atoms with Gasteiger partial charge in [-0.25, -0.2) is 4.98 Å². The molecule has 1 N–H and O–H groups in total. The number of nitrogens with one attached hydrogen (secondary N) is 1. The first-order valence-corrected chi connectivity index (χ1v) is 5.00. The van der Waals surface area contributed by atoms with E-state index < -0.39 is 0 Å². The molecule has 0 aromatic carbocycles. The first kappa shape index (κ1) is 9.40. The fourth-order valence-corrected chi connectivity index (χ4v) is 1.53. The van der Waals surface area contributed by atoms with Crippen molar-refractivity contribution in [3.05, 3.63) is 18.1 Å². The van der Waals surface area contributed by atoms with Crippen LogP contribution >= 0.6 is 0 Å². The van der Waals surface area contributed by atoms with Gasteiger partial charge in [-0.2, -0.15) is 0 Å². The summed E-state index contributed by atoms with van der Waals surface area (Å²) in [5.41, 5.74) is 0.919. The van der Waals surface area contributed by atoms with Gasteiger partial charge in [0, 0.05) is 0 Å². The highest BCUT2D eigenvalue weighted by Crippen LogP contribution is 2.12. The van der Waals surface area contributed by atoms with Crippen LogP contribution in [0.2, 0.25) is 0 Å². The maximum absolute atomic E-state index is 5.70. The van der Waals surface area contributed by atoms with Crippen molar-refractivity contribution in [2.75, 3.05) is 13.1 Å². The van der Waals surface area contributed by atoms with Crippen molar-refractivity contribution in [1.82, 2.24) is 15.3 Å². The summed E-state index contributed by atoms with van der Waals surface area (Å²) >= 11 is 0. The highest BCUT2D eigenvalue weighted by Gasteiger charge is 2.14. The van der Waals surface area contributed by atoms with Gasteiger partial charge >= 0.3 is 0 Å². The smallest absolute Gasteiger partial charge is 0.232 e. The summed E-state index contributed by atoms with van der Waals surface area (Å²) in [6.45, 7) is 3.98. The summed E-state index contributed by atoms with van der Waals surface area (Å²) in [6.07, 6.45) is 5.83. The molecule has 0 unspecified atom stereocenters. The lowest BCUT2D eigenvalue weighted by Gasteiger charge is -2.22. The summed E-state index contributed by atoms with van der Waals surface area (Å²) < 4.78 is 5.70. The highest BCUT2D eigenvalue weighted by molar-refractivity contribution is 5.06. The second-order valence-electron chi connectivity index (χ2n) is 3.56. The largest absolute Gasteiger partial charge is 0.473 e. The van der Waals surface area contributed by atoms with Crippen molar-refractivity contribution in [2.24, 2.45) is 0 Å². The molecule has 0 atom stereocenters. The van der Waals surface area contributed by atoms with Crippen molar-refractivity contribution in [1.29, 1.82) is 0 Å². The molecule has 0 radical (unpaired) electrons. The molecule has 0 spiro atoms. The Hall–Kier alpha value is -1.16. The SMILES string of the molecule is Cc1cnc(OC2CCNCC2)cn1. The standard InChI is InChI=1S/C10H15N3O/c1-8-6-13-10(7-12-8)14-9-2-4-11-5-3-9/h6-7,9,11H,2-5H2,1H3. The maximum atomic E-state index is 5.70. The first-order chi connectivity index (χ1) is 6.84. The molecule has 14 heavy (non-hydrogen) atoms. The molecule has 0 bridgehead atoms. The van der Waals surface area contributed by atoms with E-state index in [2.05, 4.69) is 15.3 Å². The predicted molar refractivity (Wildman–Crippen MR) is 53.3 cm³/mol. The normalized spacial score (nSPS) is 18.1. The van der Waals surface area contributed by atoms with E-state index in [-0.39, 0.29) is 0 Å². The van der Waals surface area contributed by atoms with Crippen LogP contribution in [0.15, 0.2) is 12.4 Å². The average Bonchev–Trinajstić information content (AvgIpc) is 2.23. The van der Waals surface area contributed by atoms with Gasteiger partial charge in [0.15, 0.2) is 0 Å². The van der Waals surface area contributed by atoms with Gasteiger partial charge < -0.3 is 10.1 Å². The van der Waals surface area contributed by atoms with Crippen molar-refractivity contribution < 1.29 is 4.74 Å². The van der Waals surface area contributed by atoms with Crippen LogP contribution in [0.5, 0.6) is 5.88 Å². The second kappa shape index (κ2) is 4.37. The lowest BCUT2D eigenvalue weighted by atomic mass is 10.1. The number of aryl methyl sites for hydroxylation is 1. The fourth-order valence-electron chi connectivity index (χ4n) is 1.53. The van der Waals surface area contributed by atoms with E-state index in [0.29, 0.717) is 12.0 Å². The van der Waals surface area contributed by atoms with Crippen molar-refractivity contribution >= 4 is 0 Å². The van der Waals surface area contributed by atoms with E-state index in [1.807, 2.05) is 6.92 Å². The molecule has 2 rings (SSSR count). The Morgan fingerprint density at radius 2 is 2.07 bits per heavy atom. The number of aromatic nitrogens is 2. The summed E-state index contributed by atoms with van der Waals surface area (Å²) in [5.74, 6) is 0.641. The lowest BCUT2D eigenvalue weighted by Crippen LogP contribution is -2.34. The van der Waals surface area contributed by atoms with Crippen LogP contribution in [0.3, 0.4) is 0 Å². The van der Waals surface area contributed by atoms with Crippen LogP contribution in [-0.4, -0.2) is 29.2 Å². The Labute approximate surface area is 83.7 Å². The van der Waals surface area contributed by atoms with Gasteiger partial charge in [-0.15, -0.1) is 0 Å². The summed E-state index contributed by atoms with van der Waals surface area (Å²) in [6, 6.07) is 0. The molecule has 0 saturated carbocycles. The van der Waals surface area contributed by atoms with Gasteiger partial charge in [0.1, 0.15) is 6.10 Å². The minimum atomic E-state index is 0.299. The van der Waals surface area contributed by atoms with E-state index in [9.17, 15) is 0 Å². The van der Waals surface area contributed by atoms with Crippen LogP contribution in [0.4, 0.5) is 0 Å². The monoisotopic (exact) mass is 193 g/mol. The maximum Gasteiger partial charge on any atom is 0.232 e. The van der Waals surface area contributed by atoms with E-state index in [0.717, 1.165) is 31.6 Å². The molecule has 1 aliphatic rings. The molecule has 2 heterocycles. The van der Waals surface area contributed by atoms with E-state index in [4.69, 9.17) is 4.74 Å². The predicted octanol–water partition coefficient (Wildman–Crippen LogP) is 0.916. The van der Waals surface area contributed by atoms with Crippen LogP contribution in [0.1, 0.15) is 18.5 Å². The number of nitrogens with zero attached hydrogens (tertiary/aromatic N) is 2. The molecule has 1 aromatic rings. The molecule has 4 nitrogen and oxygen atoms in total. The Kier molecular flexibility index (Phi) is 2.93. The van der Waals surface area contributed by atoms with Gasteiger partial charge in [-0.05, 0) is 32.9 Å². The second-order valence-corrected chi connectivity index (χ2v) is 3.56. The van der Waals surface area contributed by atoms with Crippen molar-refractivity contribution in [3.63, 3.8) is 0 Å². The Bertz CT molecular complexity index is 280. The molecule has 1 aromatic heterocycles. The molecule has 1 aliphatic heterocycles. The van der Waals surface area contributed by atoms with Crippen LogP contribution < -0.4 is 10.1 Å². The molecule has 0 aliphatic carbocycles. The topological polar surface area (TPSA) is 47.0 Å². The van der Waals surface area contributed by atoms with Gasteiger partial charge in [-0.1, -0.05) is 0 Å². The number of rotatable bonds is 2. The minimum absolute atomic E-state index is 0.299. The third-order valence-electron chi connectivity index (χ3n) is 2.33. The minimum Gasteiger partial charge on any atom is -0.473 e. The quantitative estimate of drug-likeness (QED) is 0.758. The number of hydrogen-bond acceptors (Lipinski definition) is 4. The van der Waals surface area contributed by atoms with Crippen LogP contribution in [0.25, 0.3) is 0 Å². The zero-order valence-corrected chi connectivity index (χ0v) is 8.36. The van der Waals surface area contributed by atoms with Crippen molar-refractivity contribution in [3.8, 4) is 5.88 Å². The van der Waals surface area contributed by atoms with Crippen LogP contribution in [-0.2, 0) is 0 Å². The Balaban J connectivity index is 1.92. The average molecular weight is 193 g/mol. The van der Waals surface area contributed by atoms with E-state index in [1.54, 1.807) is 12.4 Å². The summed E-state index contributed by atoms with van der Waals surface area (Å²) in [4.78, 5) is 8.31. The first-order valence-electron chi connectivity index (χ1n) is 5.00. The lowest BCUT2D eigenvalue weighted by molar-refractivity contribution is 0.155.